The van der Waals surface area contributed by atoms with Gasteiger partial charge in [0.15, 0.2) is 22.6 Å². The molecule has 0 fully saturated rings. The molecule has 0 radical (unpaired) electrons. The quantitative estimate of drug-likeness (QED) is 0.654. The zero-order valence-corrected chi connectivity index (χ0v) is 14.9. The number of amides is 1. The molecule has 0 saturated heterocycles. The summed E-state index contributed by atoms with van der Waals surface area (Å²) in [4.78, 5) is 29.4. The van der Waals surface area contributed by atoms with Crippen molar-refractivity contribution in [2.24, 2.45) is 5.92 Å². The minimum Gasteiger partial charge on any atom is -0.323 e. The van der Waals surface area contributed by atoms with Crippen molar-refractivity contribution in [3.05, 3.63) is 51.2 Å². The molecular weight excluding hydrogens is 367 g/mol. The Kier molecular flexibility index (Phi) is 5.08. The molecule has 1 aromatic carbocycles. The Labute approximate surface area is 151 Å². The first-order valence-corrected chi connectivity index (χ1v) is 8.99. The van der Waals surface area contributed by atoms with E-state index < -0.39 is 35.0 Å². The minimum atomic E-state index is -1.64. The van der Waals surface area contributed by atoms with Crippen LogP contribution >= 0.6 is 11.8 Å². The van der Waals surface area contributed by atoms with Crippen molar-refractivity contribution in [2.45, 2.75) is 32.0 Å². The highest BCUT2D eigenvalue weighted by atomic mass is 32.2. The highest BCUT2D eigenvalue weighted by molar-refractivity contribution is 7.99. The Morgan fingerprint density at radius 2 is 2.08 bits per heavy atom. The van der Waals surface area contributed by atoms with Crippen molar-refractivity contribution < 1.29 is 18.0 Å². The minimum absolute atomic E-state index is 0.0958. The van der Waals surface area contributed by atoms with Crippen molar-refractivity contribution >= 4 is 23.4 Å². The summed E-state index contributed by atoms with van der Waals surface area (Å²) in [7, 11) is 0. The summed E-state index contributed by atoms with van der Waals surface area (Å²) in [5, 5.41) is 2.80. The van der Waals surface area contributed by atoms with Gasteiger partial charge in [-0.2, -0.15) is 0 Å². The number of carbonyl (C=O) groups is 1. The number of anilines is 1. The maximum atomic E-state index is 13.7. The van der Waals surface area contributed by atoms with Gasteiger partial charge in [0.1, 0.15) is 0 Å². The summed E-state index contributed by atoms with van der Waals surface area (Å²) >= 11 is 1.26. The number of aryl methyl sites for hydroxylation is 1. The number of nitrogens with one attached hydrogen (secondary N) is 1. The fraction of sp³-hybridized carbons (Fsp3) is 0.353. The van der Waals surface area contributed by atoms with Crippen LogP contribution in [-0.4, -0.2) is 21.2 Å². The third-order valence-corrected chi connectivity index (χ3v) is 5.41. The zero-order chi connectivity index (χ0) is 19.0. The molecule has 1 atom stereocenters. The highest BCUT2D eigenvalue weighted by Gasteiger charge is 2.29. The largest absolute Gasteiger partial charge is 0.323 e. The van der Waals surface area contributed by atoms with Gasteiger partial charge >= 0.3 is 0 Å². The fourth-order valence-corrected chi connectivity index (χ4v) is 3.94. The summed E-state index contributed by atoms with van der Waals surface area (Å²) in [6.45, 7) is 3.72. The number of aromatic nitrogens is 2. The molecule has 1 aromatic heterocycles. The molecule has 26 heavy (non-hydrogen) atoms. The van der Waals surface area contributed by atoms with Gasteiger partial charge < -0.3 is 5.32 Å². The number of fused-ring (bicyclic) bond motifs is 1. The van der Waals surface area contributed by atoms with E-state index in [1.54, 1.807) is 6.92 Å². The highest BCUT2D eigenvalue weighted by Crippen LogP contribution is 2.27. The van der Waals surface area contributed by atoms with E-state index in [0.717, 1.165) is 12.1 Å². The van der Waals surface area contributed by atoms with Crippen LogP contribution in [0.25, 0.3) is 0 Å². The van der Waals surface area contributed by atoms with E-state index in [4.69, 9.17) is 0 Å². The Morgan fingerprint density at radius 1 is 1.35 bits per heavy atom. The van der Waals surface area contributed by atoms with Gasteiger partial charge in [0.25, 0.3) is 5.56 Å². The lowest BCUT2D eigenvalue weighted by molar-refractivity contribution is -0.119. The smallest absolute Gasteiger partial charge is 0.257 e. The van der Waals surface area contributed by atoms with Crippen LogP contribution in [0.1, 0.15) is 18.2 Å². The Bertz CT molecular complexity index is 946. The van der Waals surface area contributed by atoms with E-state index >= 15 is 0 Å². The number of carbonyl (C=O) groups excluding carboxylic acids is 1. The first-order valence-electron chi connectivity index (χ1n) is 8.01. The molecule has 0 aliphatic carbocycles. The number of hydrogen-bond acceptors (Lipinski definition) is 4. The average molecular weight is 383 g/mol. The second kappa shape index (κ2) is 7.14. The lowest BCUT2D eigenvalue weighted by atomic mass is 10.1. The van der Waals surface area contributed by atoms with E-state index in [0.29, 0.717) is 28.6 Å². The predicted molar refractivity (Wildman–Crippen MR) is 91.8 cm³/mol. The maximum absolute atomic E-state index is 13.7. The Balaban J connectivity index is 1.84. The third kappa shape index (κ3) is 3.23. The molecule has 0 saturated carbocycles. The van der Waals surface area contributed by atoms with Gasteiger partial charge in [-0.15, -0.1) is 0 Å². The van der Waals surface area contributed by atoms with E-state index in [9.17, 15) is 22.8 Å². The molecule has 1 N–H and O–H groups in total. The number of hydrogen-bond donors (Lipinski definition) is 1. The summed E-state index contributed by atoms with van der Waals surface area (Å²) in [6.07, 6.45) is 0.527. The molecule has 9 heteroatoms. The molecule has 1 aliphatic heterocycles. The first-order chi connectivity index (χ1) is 12.3. The molecule has 1 aliphatic rings. The van der Waals surface area contributed by atoms with Crippen LogP contribution in [-0.2, 0) is 17.8 Å². The van der Waals surface area contributed by atoms with Crippen LogP contribution in [0.5, 0.6) is 0 Å². The number of thioether (sulfide) groups is 1. The number of halogens is 3. The average Bonchev–Trinajstić information content (AvgIpc) is 2.62. The standard InChI is InChI=1S/C17H16F3N3O2S/c1-3-10-8(2)21-17-23(16(10)25)6-9(7-26-17)15(24)22-12-5-4-11(18)13(19)14(12)20/h4-5,9H,3,6-7H2,1-2H3,(H,22,24). The second-order valence-corrected chi connectivity index (χ2v) is 6.93. The summed E-state index contributed by atoms with van der Waals surface area (Å²) in [5.41, 5.74) is 0.623. The van der Waals surface area contributed by atoms with E-state index in [-0.39, 0.29) is 12.1 Å². The molecule has 5 nitrogen and oxygen atoms in total. The van der Waals surface area contributed by atoms with E-state index in [1.165, 1.54) is 16.3 Å². The molecule has 1 unspecified atom stereocenters. The summed E-state index contributed by atoms with van der Waals surface area (Å²) in [6, 6.07) is 1.70. The van der Waals surface area contributed by atoms with Crippen LogP contribution in [0, 0.1) is 30.3 Å². The van der Waals surface area contributed by atoms with Crippen LogP contribution in [0.4, 0.5) is 18.9 Å². The molecule has 0 bridgehead atoms. The number of benzene rings is 1. The van der Waals surface area contributed by atoms with Gasteiger partial charge in [0.05, 0.1) is 11.6 Å². The molecular formula is C17H16F3N3O2S. The van der Waals surface area contributed by atoms with Crippen LogP contribution in [0.15, 0.2) is 22.1 Å². The second-order valence-electron chi connectivity index (χ2n) is 5.95. The zero-order valence-electron chi connectivity index (χ0n) is 14.1. The molecule has 3 rings (SSSR count). The maximum Gasteiger partial charge on any atom is 0.257 e. The van der Waals surface area contributed by atoms with Crippen molar-refractivity contribution in [1.82, 2.24) is 9.55 Å². The van der Waals surface area contributed by atoms with E-state index in [1.807, 2.05) is 6.92 Å². The lowest BCUT2D eigenvalue weighted by Gasteiger charge is -2.25. The van der Waals surface area contributed by atoms with E-state index in [2.05, 4.69) is 10.3 Å². The fourth-order valence-electron chi connectivity index (χ4n) is 2.82. The number of rotatable bonds is 3. The lowest BCUT2D eigenvalue weighted by Crippen LogP contribution is -2.38. The van der Waals surface area contributed by atoms with Crippen molar-refractivity contribution in [3.63, 3.8) is 0 Å². The third-order valence-electron chi connectivity index (χ3n) is 4.27. The van der Waals surface area contributed by atoms with Gasteiger partial charge in [-0.3, -0.25) is 14.2 Å². The number of nitrogens with zero attached hydrogens (tertiary/aromatic N) is 2. The van der Waals surface area contributed by atoms with Crippen LogP contribution in [0.3, 0.4) is 0 Å². The van der Waals surface area contributed by atoms with Crippen molar-refractivity contribution in [3.8, 4) is 0 Å². The summed E-state index contributed by atoms with van der Waals surface area (Å²) < 4.78 is 41.5. The van der Waals surface area contributed by atoms with Crippen LogP contribution < -0.4 is 10.9 Å². The van der Waals surface area contributed by atoms with Gasteiger partial charge in [-0.1, -0.05) is 18.7 Å². The Hall–Kier alpha value is -2.29. The SMILES string of the molecule is CCc1c(C)nc2n(c1=O)CC(C(=O)Nc1ccc(F)c(F)c1F)CS2. The molecule has 2 aromatic rings. The first kappa shape index (κ1) is 18.5. The topological polar surface area (TPSA) is 64.0 Å². The summed E-state index contributed by atoms with van der Waals surface area (Å²) in [5.74, 6) is -5.29. The predicted octanol–water partition coefficient (Wildman–Crippen LogP) is 2.89. The molecule has 1 amide bonds. The van der Waals surface area contributed by atoms with Gasteiger partial charge in [0, 0.05) is 23.6 Å². The van der Waals surface area contributed by atoms with Crippen LogP contribution in [0.2, 0.25) is 0 Å². The molecule has 0 spiro atoms. The normalized spacial score (nSPS) is 16.3. The molecule has 2 heterocycles. The van der Waals surface area contributed by atoms with Gasteiger partial charge in [-0.25, -0.2) is 18.2 Å². The van der Waals surface area contributed by atoms with Gasteiger partial charge in [0.2, 0.25) is 5.91 Å². The monoisotopic (exact) mass is 383 g/mol. The van der Waals surface area contributed by atoms with Crippen molar-refractivity contribution in [1.29, 1.82) is 0 Å². The Morgan fingerprint density at radius 3 is 2.77 bits per heavy atom. The van der Waals surface area contributed by atoms with Crippen molar-refractivity contribution in [2.75, 3.05) is 11.1 Å². The van der Waals surface area contributed by atoms with Gasteiger partial charge in [-0.05, 0) is 25.5 Å². The molecule has 138 valence electrons.